The molecule has 0 saturated heterocycles. The average Bonchev–Trinajstić information content (AvgIpc) is 3.87. The van der Waals surface area contributed by atoms with Crippen LogP contribution in [0.25, 0.3) is 131 Å². The molecular weight excluding hydrogens is 705 g/mol. The molecule has 0 aliphatic heterocycles. The van der Waals surface area contributed by atoms with Crippen molar-refractivity contribution in [2.75, 3.05) is 0 Å². The molecule has 0 unspecified atom stereocenters. The number of benzene rings is 11. The third-order valence-electron chi connectivity index (χ3n) is 12.4. The minimum atomic E-state index is 0.879. The van der Waals surface area contributed by atoms with Gasteiger partial charge in [-0.2, -0.15) is 0 Å². The monoisotopic (exact) mass is 736 g/mol. The van der Waals surface area contributed by atoms with Gasteiger partial charge in [-0.25, -0.2) is 0 Å². The van der Waals surface area contributed by atoms with Gasteiger partial charge in [-0.1, -0.05) is 158 Å². The molecule has 2 nitrogen and oxygen atoms in total. The predicted octanol–water partition coefficient (Wildman–Crippen LogP) is 16.3. The summed E-state index contributed by atoms with van der Waals surface area (Å²) >= 11 is 0. The largest absolute Gasteiger partial charge is 0.456 e. The molecule has 0 radical (unpaired) electrons. The van der Waals surface area contributed by atoms with Gasteiger partial charge < -0.3 is 8.83 Å². The van der Waals surface area contributed by atoms with Crippen LogP contribution in [0.2, 0.25) is 0 Å². The molecule has 0 aliphatic carbocycles. The first-order valence-electron chi connectivity index (χ1n) is 19.9. The maximum absolute atomic E-state index is 6.91. The van der Waals surface area contributed by atoms with Gasteiger partial charge in [-0.3, -0.25) is 0 Å². The van der Waals surface area contributed by atoms with E-state index in [9.17, 15) is 0 Å². The SMILES string of the molecule is c1ccc(-c2c3ccccc3c(-c3ccc4c(c3)oc3ccc(-c5ccc6ccc7c(oc8c9ccccc9c9ccccc9c78)c6c5)cc34)c3ccccc23)cc1. The van der Waals surface area contributed by atoms with Crippen LogP contribution in [0.3, 0.4) is 0 Å². The topological polar surface area (TPSA) is 26.3 Å². The van der Waals surface area contributed by atoms with Crippen LogP contribution < -0.4 is 0 Å². The van der Waals surface area contributed by atoms with Gasteiger partial charge in [-0.15, -0.1) is 0 Å². The summed E-state index contributed by atoms with van der Waals surface area (Å²) in [5.41, 5.74) is 10.8. The molecule has 0 saturated carbocycles. The minimum Gasteiger partial charge on any atom is -0.456 e. The van der Waals surface area contributed by atoms with Crippen molar-refractivity contribution in [3.8, 4) is 33.4 Å². The molecule has 0 amide bonds. The highest BCUT2D eigenvalue weighted by atomic mass is 16.3. The van der Waals surface area contributed by atoms with E-state index in [-0.39, 0.29) is 0 Å². The van der Waals surface area contributed by atoms with E-state index in [1.165, 1.54) is 59.8 Å². The smallest absolute Gasteiger partial charge is 0.143 e. The molecule has 0 fully saturated rings. The third kappa shape index (κ3) is 4.43. The van der Waals surface area contributed by atoms with Gasteiger partial charge in [0.2, 0.25) is 0 Å². The molecular formula is C56H32O2. The number of furan rings is 2. The first kappa shape index (κ1) is 31.5. The summed E-state index contributed by atoms with van der Waals surface area (Å²) < 4.78 is 13.5. The van der Waals surface area contributed by atoms with Crippen LogP contribution in [0.5, 0.6) is 0 Å². The second-order valence-electron chi connectivity index (χ2n) is 15.5. The molecule has 2 heterocycles. The van der Waals surface area contributed by atoms with Crippen molar-refractivity contribution in [1.29, 1.82) is 0 Å². The van der Waals surface area contributed by atoms with E-state index >= 15 is 0 Å². The van der Waals surface area contributed by atoms with Gasteiger partial charge in [-0.05, 0) is 113 Å². The van der Waals surface area contributed by atoms with Crippen molar-refractivity contribution >= 4 is 97.7 Å². The lowest BCUT2D eigenvalue weighted by Crippen LogP contribution is -1.90. The Labute approximate surface area is 332 Å². The average molecular weight is 737 g/mol. The first-order chi connectivity index (χ1) is 28.8. The van der Waals surface area contributed by atoms with Crippen molar-refractivity contribution < 1.29 is 8.83 Å². The van der Waals surface area contributed by atoms with E-state index in [0.717, 1.165) is 71.3 Å². The molecule has 13 rings (SSSR count). The van der Waals surface area contributed by atoms with Crippen molar-refractivity contribution in [3.63, 3.8) is 0 Å². The minimum absolute atomic E-state index is 0.879. The maximum atomic E-state index is 6.91. The van der Waals surface area contributed by atoms with Gasteiger partial charge in [0.15, 0.2) is 0 Å². The third-order valence-corrected chi connectivity index (χ3v) is 12.4. The summed E-state index contributed by atoms with van der Waals surface area (Å²) in [6.45, 7) is 0. The van der Waals surface area contributed by atoms with Gasteiger partial charge >= 0.3 is 0 Å². The Bertz CT molecular complexity index is 3790. The van der Waals surface area contributed by atoms with Gasteiger partial charge in [0.05, 0.1) is 0 Å². The van der Waals surface area contributed by atoms with Gasteiger partial charge in [0.25, 0.3) is 0 Å². The molecule has 13 aromatic rings. The van der Waals surface area contributed by atoms with Crippen LogP contribution in [0.15, 0.2) is 203 Å². The molecule has 268 valence electrons. The molecule has 0 N–H and O–H groups in total. The zero-order valence-corrected chi connectivity index (χ0v) is 31.3. The summed E-state index contributed by atoms with van der Waals surface area (Å²) in [5, 5.41) is 16.6. The Morgan fingerprint density at radius 2 is 0.759 bits per heavy atom. The lowest BCUT2D eigenvalue weighted by molar-refractivity contribution is 0.669. The van der Waals surface area contributed by atoms with Crippen LogP contribution >= 0.6 is 0 Å². The van der Waals surface area contributed by atoms with Crippen molar-refractivity contribution in [2.24, 2.45) is 0 Å². The number of fused-ring (bicyclic) bond motifs is 15. The molecule has 2 heteroatoms. The number of hydrogen-bond donors (Lipinski definition) is 0. The summed E-state index contributed by atoms with van der Waals surface area (Å²) in [4.78, 5) is 0. The van der Waals surface area contributed by atoms with Crippen molar-refractivity contribution in [2.45, 2.75) is 0 Å². The van der Waals surface area contributed by atoms with Crippen LogP contribution in [-0.4, -0.2) is 0 Å². The summed E-state index contributed by atoms with van der Waals surface area (Å²) in [6, 6.07) is 70.1. The second-order valence-corrected chi connectivity index (χ2v) is 15.5. The van der Waals surface area contributed by atoms with Gasteiger partial charge in [0, 0.05) is 32.3 Å². The highest BCUT2D eigenvalue weighted by Crippen LogP contribution is 2.46. The Hall–Kier alpha value is -7.68. The van der Waals surface area contributed by atoms with E-state index in [1.807, 2.05) is 0 Å². The normalized spacial score (nSPS) is 12.1. The van der Waals surface area contributed by atoms with Crippen LogP contribution in [0, 0.1) is 0 Å². The molecule has 0 spiro atoms. The van der Waals surface area contributed by atoms with E-state index in [1.54, 1.807) is 0 Å². The molecule has 58 heavy (non-hydrogen) atoms. The second kappa shape index (κ2) is 11.9. The standard InChI is InChI=1S/C56H32O2/c1-2-12-34(13-3-1)52-42-17-7-9-19-44(42)53(45-20-10-8-18-43(45)52)37-25-27-40-49-31-36(26-29-50(49)57-51(40)32-37)35-23-22-33-24-28-47-54-41-16-6-4-14-38(41)39-15-5-11-21-46(39)56(54)58-55(47)48(33)30-35/h1-32H. The van der Waals surface area contributed by atoms with Crippen LogP contribution in [0.1, 0.15) is 0 Å². The number of hydrogen-bond acceptors (Lipinski definition) is 2. The summed E-state index contributed by atoms with van der Waals surface area (Å²) in [6.07, 6.45) is 0. The number of rotatable bonds is 3. The van der Waals surface area contributed by atoms with Crippen LogP contribution in [-0.2, 0) is 0 Å². The first-order valence-corrected chi connectivity index (χ1v) is 19.9. The van der Waals surface area contributed by atoms with Crippen LogP contribution in [0.4, 0.5) is 0 Å². The zero-order valence-electron chi connectivity index (χ0n) is 31.3. The Balaban J connectivity index is 0.974. The van der Waals surface area contributed by atoms with Crippen molar-refractivity contribution in [3.05, 3.63) is 194 Å². The van der Waals surface area contributed by atoms with E-state index < -0.39 is 0 Å². The molecule has 11 aromatic carbocycles. The highest BCUT2D eigenvalue weighted by molar-refractivity contribution is 6.32. The van der Waals surface area contributed by atoms with E-state index in [0.29, 0.717) is 0 Å². The Morgan fingerprint density at radius 3 is 1.47 bits per heavy atom. The van der Waals surface area contributed by atoms with E-state index in [4.69, 9.17) is 8.83 Å². The van der Waals surface area contributed by atoms with Gasteiger partial charge in [0.1, 0.15) is 22.3 Å². The summed E-state index contributed by atoms with van der Waals surface area (Å²) in [7, 11) is 0. The fraction of sp³-hybridized carbons (Fsp3) is 0. The maximum Gasteiger partial charge on any atom is 0.143 e. The fourth-order valence-corrected chi connectivity index (χ4v) is 9.83. The molecule has 0 aliphatic rings. The fourth-order valence-electron chi connectivity index (χ4n) is 9.83. The quantitative estimate of drug-likeness (QED) is 0.133. The van der Waals surface area contributed by atoms with Crippen molar-refractivity contribution in [1.82, 2.24) is 0 Å². The molecule has 2 aromatic heterocycles. The Kier molecular flexibility index (Phi) is 6.47. The van der Waals surface area contributed by atoms with E-state index in [2.05, 4.69) is 194 Å². The predicted molar refractivity (Wildman–Crippen MR) is 245 cm³/mol. The highest BCUT2D eigenvalue weighted by Gasteiger charge is 2.20. The summed E-state index contributed by atoms with van der Waals surface area (Å²) in [5.74, 6) is 0. The molecule has 0 atom stereocenters. The lowest BCUT2D eigenvalue weighted by atomic mass is 9.86. The lowest BCUT2D eigenvalue weighted by Gasteiger charge is -2.17. The zero-order chi connectivity index (χ0) is 37.9. The molecule has 0 bridgehead atoms. The Morgan fingerprint density at radius 1 is 0.241 bits per heavy atom.